The van der Waals surface area contributed by atoms with Gasteiger partial charge >= 0.3 is 11.9 Å². The molecule has 0 saturated heterocycles. The highest BCUT2D eigenvalue weighted by Crippen LogP contribution is 2.38. The Kier molecular flexibility index (Phi) is 7.09. The average Bonchev–Trinajstić information content (AvgIpc) is 2.31. The molecule has 0 atom stereocenters. The molecule has 0 radical (unpaired) electrons. The van der Waals surface area contributed by atoms with Crippen LogP contribution in [0.25, 0.3) is 0 Å². The van der Waals surface area contributed by atoms with E-state index in [0.29, 0.717) is 6.42 Å². The first-order valence-electron chi connectivity index (χ1n) is 6.80. The Morgan fingerprint density at radius 3 is 2.00 bits per heavy atom. The van der Waals surface area contributed by atoms with Crippen LogP contribution in [0, 0.1) is 10.8 Å². The summed E-state index contributed by atoms with van der Waals surface area (Å²) in [5.41, 5.74) is -0.422. The molecule has 0 spiro atoms. The molecule has 0 unspecified atom stereocenters. The van der Waals surface area contributed by atoms with Crippen LogP contribution in [-0.2, 0) is 19.1 Å². The van der Waals surface area contributed by atoms with Crippen molar-refractivity contribution in [1.82, 2.24) is 0 Å². The number of methoxy groups -OCH3 is 2. The summed E-state index contributed by atoms with van der Waals surface area (Å²) in [6.45, 7) is 8.12. The molecule has 0 bridgehead atoms. The third-order valence-electron chi connectivity index (χ3n) is 3.37. The Labute approximate surface area is 116 Å². The van der Waals surface area contributed by atoms with E-state index in [9.17, 15) is 9.59 Å². The largest absolute Gasteiger partial charge is 0.469 e. The maximum atomic E-state index is 11.7. The van der Waals surface area contributed by atoms with Gasteiger partial charge in [-0.15, -0.1) is 0 Å². The number of hydrogen-bond donors (Lipinski definition) is 0. The summed E-state index contributed by atoms with van der Waals surface area (Å²) in [7, 11) is 2.83. The Morgan fingerprint density at radius 1 is 0.947 bits per heavy atom. The van der Waals surface area contributed by atoms with Crippen LogP contribution in [0.1, 0.15) is 59.8 Å². The molecule has 0 N–H and O–H groups in total. The van der Waals surface area contributed by atoms with Gasteiger partial charge in [-0.25, -0.2) is 0 Å². The van der Waals surface area contributed by atoms with Crippen molar-refractivity contribution in [2.24, 2.45) is 10.8 Å². The Morgan fingerprint density at radius 2 is 1.53 bits per heavy atom. The third kappa shape index (κ3) is 7.19. The van der Waals surface area contributed by atoms with Crippen molar-refractivity contribution in [3.8, 4) is 0 Å². The van der Waals surface area contributed by atoms with E-state index in [0.717, 1.165) is 25.7 Å². The second kappa shape index (κ2) is 7.51. The van der Waals surface area contributed by atoms with E-state index in [4.69, 9.17) is 4.74 Å². The van der Waals surface area contributed by atoms with Crippen LogP contribution in [0.2, 0.25) is 0 Å². The van der Waals surface area contributed by atoms with Gasteiger partial charge in [0.1, 0.15) is 0 Å². The molecule has 0 rings (SSSR count). The van der Waals surface area contributed by atoms with Crippen LogP contribution in [0.5, 0.6) is 0 Å². The minimum absolute atomic E-state index is 0.0494. The number of carbonyl (C=O) groups excluding carboxylic acids is 2. The summed E-state index contributed by atoms with van der Waals surface area (Å²) in [6.07, 6.45) is 4.00. The zero-order chi connectivity index (χ0) is 15.1. The van der Waals surface area contributed by atoms with E-state index in [1.54, 1.807) is 0 Å². The third-order valence-corrected chi connectivity index (χ3v) is 3.37. The van der Waals surface area contributed by atoms with Crippen LogP contribution in [0.3, 0.4) is 0 Å². The highest BCUT2D eigenvalue weighted by molar-refractivity contribution is 5.75. The van der Waals surface area contributed by atoms with Crippen LogP contribution in [-0.4, -0.2) is 26.2 Å². The second-order valence-electron chi connectivity index (χ2n) is 6.50. The summed E-state index contributed by atoms with van der Waals surface area (Å²) in [5, 5.41) is 0. The first-order chi connectivity index (χ1) is 8.64. The zero-order valence-electron chi connectivity index (χ0n) is 13.2. The van der Waals surface area contributed by atoms with Gasteiger partial charge in [-0.05, 0) is 38.5 Å². The fourth-order valence-corrected chi connectivity index (χ4v) is 2.61. The number of rotatable bonds is 8. The van der Waals surface area contributed by atoms with Crippen molar-refractivity contribution >= 4 is 11.9 Å². The summed E-state index contributed by atoms with van der Waals surface area (Å²) in [4.78, 5) is 22.7. The lowest BCUT2D eigenvalue weighted by molar-refractivity contribution is -0.152. The van der Waals surface area contributed by atoms with Crippen molar-refractivity contribution < 1.29 is 19.1 Å². The van der Waals surface area contributed by atoms with Gasteiger partial charge in [-0.3, -0.25) is 9.59 Å². The molecule has 19 heavy (non-hydrogen) atoms. The van der Waals surface area contributed by atoms with Gasteiger partial charge in [0.15, 0.2) is 0 Å². The molecule has 4 nitrogen and oxygen atoms in total. The number of unbranched alkanes of at least 4 members (excludes halogenated alkanes) is 1. The predicted molar refractivity (Wildman–Crippen MR) is 74.7 cm³/mol. The molecule has 0 aromatic rings. The summed E-state index contributed by atoms with van der Waals surface area (Å²) < 4.78 is 9.44. The SMILES string of the molecule is COC(=O)CCCCC(C)(C)CC(C)(C)C(=O)OC. The van der Waals surface area contributed by atoms with Gasteiger partial charge in [0.25, 0.3) is 0 Å². The van der Waals surface area contributed by atoms with Crippen LogP contribution in [0.4, 0.5) is 0 Å². The van der Waals surface area contributed by atoms with E-state index < -0.39 is 5.41 Å². The highest BCUT2D eigenvalue weighted by Gasteiger charge is 2.35. The van der Waals surface area contributed by atoms with E-state index in [-0.39, 0.29) is 17.4 Å². The summed E-state index contributed by atoms with van der Waals surface area (Å²) in [6, 6.07) is 0. The van der Waals surface area contributed by atoms with Crippen LogP contribution < -0.4 is 0 Å². The maximum absolute atomic E-state index is 11.7. The van der Waals surface area contributed by atoms with Crippen molar-refractivity contribution in [3.63, 3.8) is 0 Å². The molecule has 0 aromatic carbocycles. The van der Waals surface area contributed by atoms with Gasteiger partial charge in [0, 0.05) is 6.42 Å². The van der Waals surface area contributed by atoms with Crippen molar-refractivity contribution in [3.05, 3.63) is 0 Å². The van der Waals surface area contributed by atoms with E-state index in [1.165, 1.54) is 14.2 Å². The fraction of sp³-hybridized carbons (Fsp3) is 0.867. The van der Waals surface area contributed by atoms with Gasteiger partial charge < -0.3 is 9.47 Å². The molecule has 112 valence electrons. The monoisotopic (exact) mass is 272 g/mol. The molecular weight excluding hydrogens is 244 g/mol. The van der Waals surface area contributed by atoms with Crippen molar-refractivity contribution in [1.29, 1.82) is 0 Å². The molecule has 4 heteroatoms. The van der Waals surface area contributed by atoms with E-state index in [2.05, 4.69) is 18.6 Å². The standard InChI is InChI=1S/C15H28O4/c1-14(2,10-8-7-9-12(16)18-5)11-15(3,4)13(17)19-6/h7-11H2,1-6H3. The number of hydrogen-bond acceptors (Lipinski definition) is 4. The summed E-state index contributed by atoms with van der Waals surface area (Å²) in [5.74, 6) is -0.331. The Hall–Kier alpha value is -1.06. The minimum atomic E-state index is -0.472. The minimum Gasteiger partial charge on any atom is -0.469 e. The molecule has 0 aromatic heterocycles. The van der Waals surface area contributed by atoms with Gasteiger partial charge in [-0.2, -0.15) is 0 Å². The lowest BCUT2D eigenvalue weighted by Gasteiger charge is -2.33. The van der Waals surface area contributed by atoms with Gasteiger partial charge in [-0.1, -0.05) is 20.3 Å². The molecule has 0 fully saturated rings. The number of carbonyl (C=O) groups is 2. The average molecular weight is 272 g/mol. The molecule has 0 aliphatic carbocycles. The molecule has 0 amide bonds. The van der Waals surface area contributed by atoms with E-state index in [1.807, 2.05) is 13.8 Å². The Balaban J connectivity index is 4.18. The first kappa shape index (κ1) is 17.9. The normalized spacial score (nSPS) is 12.1. The number of esters is 2. The molecule has 0 aliphatic heterocycles. The molecule has 0 aliphatic rings. The molecular formula is C15H28O4. The number of ether oxygens (including phenoxy) is 2. The smallest absolute Gasteiger partial charge is 0.311 e. The predicted octanol–water partition coefficient (Wildman–Crippen LogP) is 3.34. The van der Waals surface area contributed by atoms with Crippen molar-refractivity contribution in [2.45, 2.75) is 59.8 Å². The lowest BCUT2D eigenvalue weighted by atomic mass is 9.72. The van der Waals surface area contributed by atoms with Gasteiger partial charge in [0.2, 0.25) is 0 Å². The maximum Gasteiger partial charge on any atom is 0.311 e. The quantitative estimate of drug-likeness (QED) is 0.502. The lowest BCUT2D eigenvalue weighted by Crippen LogP contribution is -2.31. The Bertz CT molecular complexity index is 305. The van der Waals surface area contributed by atoms with Crippen LogP contribution >= 0.6 is 0 Å². The fourth-order valence-electron chi connectivity index (χ4n) is 2.61. The topological polar surface area (TPSA) is 52.6 Å². The molecule has 0 saturated carbocycles. The van der Waals surface area contributed by atoms with Crippen molar-refractivity contribution in [2.75, 3.05) is 14.2 Å². The van der Waals surface area contributed by atoms with Gasteiger partial charge in [0.05, 0.1) is 19.6 Å². The molecule has 0 heterocycles. The summed E-state index contributed by atoms with van der Waals surface area (Å²) >= 11 is 0. The van der Waals surface area contributed by atoms with E-state index >= 15 is 0 Å². The zero-order valence-corrected chi connectivity index (χ0v) is 13.2. The second-order valence-corrected chi connectivity index (χ2v) is 6.50. The first-order valence-corrected chi connectivity index (χ1v) is 6.80. The highest BCUT2D eigenvalue weighted by atomic mass is 16.5. The van der Waals surface area contributed by atoms with Crippen LogP contribution in [0.15, 0.2) is 0 Å².